The number of benzene rings is 1. The second kappa shape index (κ2) is 6.32. The maximum Gasteiger partial charge on any atom is 0.261 e. The van der Waals surface area contributed by atoms with E-state index in [0.29, 0.717) is 13.0 Å². The molecule has 1 aliphatic heterocycles. The molecule has 2 aromatic rings. The minimum Gasteiger partial charge on any atom is -0.347 e. The molecule has 2 amide bonds. The molecule has 0 aliphatic carbocycles. The first-order chi connectivity index (χ1) is 10.6. The van der Waals surface area contributed by atoms with Crippen molar-refractivity contribution in [3.05, 3.63) is 51.7 Å². The van der Waals surface area contributed by atoms with Gasteiger partial charge in [0, 0.05) is 30.1 Å². The average molecular weight is 314 g/mol. The number of nitrogens with zero attached hydrogens (tertiary/aromatic N) is 1. The molecule has 1 aliphatic rings. The lowest BCUT2D eigenvalue weighted by Gasteiger charge is -2.16. The molecule has 2 heterocycles. The molecule has 0 unspecified atom stereocenters. The highest BCUT2D eigenvalue weighted by molar-refractivity contribution is 7.13. The van der Waals surface area contributed by atoms with Gasteiger partial charge in [0.2, 0.25) is 5.91 Å². The number of thiophene rings is 1. The van der Waals surface area contributed by atoms with Gasteiger partial charge < -0.3 is 10.2 Å². The predicted molar refractivity (Wildman–Crippen MR) is 88.3 cm³/mol. The summed E-state index contributed by atoms with van der Waals surface area (Å²) in [5.74, 6) is 0.144. The summed E-state index contributed by atoms with van der Waals surface area (Å²) in [4.78, 5) is 27.4. The van der Waals surface area contributed by atoms with Crippen LogP contribution in [-0.2, 0) is 11.3 Å². The summed E-state index contributed by atoms with van der Waals surface area (Å²) in [5, 5.41) is 2.92. The molecule has 1 aromatic carbocycles. The average Bonchev–Trinajstić information content (AvgIpc) is 3.14. The number of aryl methyl sites for hydroxylation is 1. The van der Waals surface area contributed by atoms with Gasteiger partial charge in [-0.1, -0.05) is 12.1 Å². The molecule has 1 N–H and O–H groups in total. The Kier molecular flexibility index (Phi) is 4.24. The van der Waals surface area contributed by atoms with Gasteiger partial charge in [0.15, 0.2) is 0 Å². The third kappa shape index (κ3) is 3.20. The maximum atomic E-state index is 12.0. The number of carbonyl (C=O) groups excluding carboxylic acids is 2. The molecule has 1 saturated heterocycles. The van der Waals surface area contributed by atoms with Crippen LogP contribution in [0.3, 0.4) is 0 Å². The van der Waals surface area contributed by atoms with E-state index in [-0.39, 0.29) is 11.8 Å². The van der Waals surface area contributed by atoms with Gasteiger partial charge in [0.25, 0.3) is 5.91 Å². The van der Waals surface area contributed by atoms with E-state index in [4.69, 9.17) is 0 Å². The monoisotopic (exact) mass is 314 g/mol. The van der Waals surface area contributed by atoms with Crippen LogP contribution in [0.15, 0.2) is 36.4 Å². The van der Waals surface area contributed by atoms with Gasteiger partial charge in [-0.3, -0.25) is 9.59 Å². The lowest BCUT2D eigenvalue weighted by Crippen LogP contribution is -2.24. The van der Waals surface area contributed by atoms with Gasteiger partial charge in [-0.15, -0.1) is 11.3 Å². The van der Waals surface area contributed by atoms with E-state index in [1.54, 1.807) is 0 Å². The Morgan fingerprint density at radius 3 is 2.59 bits per heavy atom. The van der Waals surface area contributed by atoms with E-state index in [1.165, 1.54) is 11.3 Å². The highest BCUT2D eigenvalue weighted by atomic mass is 32.1. The minimum atomic E-state index is -0.0445. The Morgan fingerprint density at radius 2 is 2.00 bits per heavy atom. The Morgan fingerprint density at radius 1 is 1.23 bits per heavy atom. The van der Waals surface area contributed by atoms with Crippen molar-refractivity contribution >= 4 is 28.8 Å². The molecular formula is C17H18N2O2S. The Bertz CT molecular complexity index is 691. The second-order valence-corrected chi connectivity index (χ2v) is 6.70. The number of nitrogens with one attached hydrogen (secondary N) is 1. The van der Waals surface area contributed by atoms with Crippen LogP contribution >= 0.6 is 11.3 Å². The van der Waals surface area contributed by atoms with Crippen molar-refractivity contribution in [3.63, 3.8) is 0 Å². The number of amides is 2. The molecule has 22 heavy (non-hydrogen) atoms. The summed E-state index contributed by atoms with van der Waals surface area (Å²) < 4.78 is 0. The Hall–Kier alpha value is -2.14. The number of anilines is 1. The number of rotatable bonds is 4. The largest absolute Gasteiger partial charge is 0.347 e. The van der Waals surface area contributed by atoms with Crippen molar-refractivity contribution in [3.8, 4) is 0 Å². The summed E-state index contributed by atoms with van der Waals surface area (Å²) in [6, 6.07) is 11.6. The van der Waals surface area contributed by atoms with Gasteiger partial charge in [-0.25, -0.2) is 0 Å². The molecule has 4 nitrogen and oxygen atoms in total. The predicted octanol–water partition coefficient (Wildman–Crippen LogP) is 3.11. The first-order valence-electron chi connectivity index (χ1n) is 7.37. The lowest BCUT2D eigenvalue weighted by molar-refractivity contribution is -0.117. The van der Waals surface area contributed by atoms with Crippen molar-refractivity contribution < 1.29 is 9.59 Å². The fourth-order valence-corrected chi connectivity index (χ4v) is 3.32. The van der Waals surface area contributed by atoms with Crippen LogP contribution in [0.5, 0.6) is 0 Å². The smallest absolute Gasteiger partial charge is 0.261 e. The summed E-state index contributed by atoms with van der Waals surface area (Å²) in [6.07, 6.45) is 1.56. The molecule has 1 aromatic heterocycles. The summed E-state index contributed by atoms with van der Waals surface area (Å²) in [6.45, 7) is 3.27. The van der Waals surface area contributed by atoms with Crippen molar-refractivity contribution in [2.24, 2.45) is 0 Å². The molecule has 0 atom stereocenters. The van der Waals surface area contributed by atoms with Crippen molar-refractivity contribution in [1.82, 2.24) is 5.32 Å². The normalized spacial score (nSPS) is 14.4. The van der Waals surface area contributed by atoms with Gasteiger partial charge in [-0.05, 0) is 43.2 Å². The number of hydrogen-bond acceptors (Lipinski definition) is 3. The first kappa shape index (κ1) is 14.8. The maximum absolute atomic E-state index is 12.0. The fraction of sp³-hybridized carbons (Fsp3) is 0.294. The lowest BCUT2D eigenvalue weighted by atomic mass is 10.2. The van der Waals surface area contributed by atoms with E-state index in [2.05, 4.69) is 5.32 Å². The van der Waals surface area contributed by atoms with Crippen LogP contribution in [-0.4, -0.2) is 18.4 Å². The van der Waals surface area contributed by atoms with Crippen molar-refractivity contribution in [2.45, 2.75) is 26.3 Å². The van der Waals surface area contributed by atoms with Crippen LogP contribution in [0.4, 0.5) is 5.69 Å². The summed E-state index contributed by atoms with van der Waals surface area (Å²) in [5.41, 5.74) is 1.96. The molecular weight excluding hydrogens is 296 g/mol. The van der Waals surface area contributed by atoms with Crippen molar-refractivity contribution in [1.29, 1.82) is 0 Å². The van der Waals surface area contributed by atoms with Crippen LogP contribution < -0.4 is 10.2 Å². The number of hydrogen-bond donors (Lipinski definition) is 1. The van der Waals surface area contributed by atoms with Gasteiger partial charge in [0.05, 0.1) is 4.88 Å². The second-order valence-electron chi connectivity index (χ2n) is 5.41. The zero-order chi connectivity index (χ0) is 15.5. The summed E-state index contributed by atoms with van der Waals surface area (Å²) in [7, 11) is 0. The molecule has 0 bridgehead atoms. The third-order valence-electron chi connectivity index (χ3n) is 3.74. The summed E-state index contributed by atoms with van der Waals surface area (Å²) >= 11 is 1.49. The van der Waals surface area contributed by atoms with Gasteiger partial charge >= 0.3 is 0 Å². The quantitative estimate of drug-likeness (QED) is 0.942. The first-order valence-corrected chi connectivity index (χ1v) is 8.19. The minimum absolute atomic E-state index is 0.0445. The SMILES string of the molecule is Cc1ccc(C(=O)NCc2ccc(N3CCCC3=O)cc2)s1. The van der Waals surface area contributed by atoms with Crippen LogP contribution in [0.2, 0.25) is 0 Å². The topological polar surface area (TPSA) is 49.4 Å². The molecule has 114 valence electrons. The molecule has 0 radical (unpaired) electrons. The highest BCUT2D eigenvalue weighted by Gasteiger charge is 2.21. The van der Waals surface area contributed by atoms with Crippen LogP contribution in [0, 0.1) is 6.92 Å². The van der Waals surface area contributed by atoms with Crippen LogP contribution in [0.25, 0.3) is 0 Å². The van der Waals surface area contributed by atoms with Gasteiger partial charge in [0.1, 0.15) is 0 Å². The number of carbonyl (C=O) groups is 2. The molecule has 3 rings (SSSR count). The zero-order valence-electron chi connectivity index (χ0n) is 12.5. The van der Waals surface area contributed by atoms with Gasteiger partial charge in [-0.2, -0.15) is 0 Å². The fourth-order valence-electron chi connectivity index (χ4n) is 2.54. The molecule has 5 heteroatoms. The van der Waals surface area contributed by atoms with E-state index < -0.39 is 0 Å². The van der Waals surface area contributed by atoms with E-state index >= 15 is 0 Å². The zero-order valence-corrected chi connectivity index (χ0v) is 13.3. The van der Waals surface area contributed by atoms with Crippen molar-refractivity contribution in [2.75, 3.05) is 11.4 Å². The van der Waals surface area contributed by atoms with Crippen LogP contribution in [0.1, 0.15) is 33.0 Å². The third-order valence-corrected chi connectivity index (χ3v) is 4.74. The molecule has 0 saturated carbocycles. The highest BCUT2D eigenvalue weighted by Crippen LogP contribution is 2.21. The molecule has 0 spiro atoms. The molecule has 1 fully saturated rings. The Labute approximate surface area is 133 Å². The Balaban J connectivity index is 1.59. The van der Waals surface area contributed by atoms with E-state index in [9.17, 15) is 9.59 Å². The van der Waals surface area contributed by atoms with E-state index in [0.717, 1.165) is 34.0 Å². The van der Waals surface area contributed by atoms with E-state index in [1.807, 2.05) is 48.2 Å². The standard InChI is InChI=1S/C17H18N2O2S/c1-12-4-9-15(22-12)17(21)18-11-13-5-7-14(8-6-13)19-10-2-3-16(19)20/h4-9H,2-3,10-11H2,1H3,(H,18,21).